The summed E-state index contributed by atoms with van der Waals surface area (Å²) in [5.74, 6) is -0.229. The molecule has 2 aliphatic heterocycles. The number of allylic oxidation sites excluding steroid dienone is 9. The third kappa shape index (κ3) is 8.48. The molecule has 4 N–H and O–H groups in total. The number of phenols is 2. The molecule has 5 atom stereocenters. The lowest BCUT2D eigenvalue weighted by molar-refractivity contribution is -0.188. The Morgan fingerprint density at radius 1 is 0.841 bits per heavy atom. The van der Waals surface area contributed by atoms with Crippen LogP contribution in [0.25, 0.3) is 0 Å². The summed E-state index contributed by atoms with van der Waals surface area (Å²) in [4.78, 5) is 0. The molecule has 6 nitrogen and oxygen atoms in total. The zero-order valence-electron chi connectivity index (χ0n) is 27.4. The molecule has 0 aromatic heterocycles. The van der Waals surface area contributed by atoms with E-state index in [-0.39, 0.29) is 29.3 Å². The fourth-order valence-corrected chi connectivity index (χ4v) is 6.57. The third-order valence-electron chi connectivity index (χ3n) is 9.20. The maximum absolute atomic E-state index is 10.6. The molecule has 0 amide bonds. The maximum atomic E-state index is 10.6. The summed E-state index contributed by atoms with van der Waals surface area (Å²) >= 11 is 0. The molecule has 4 rings (SSSR count). The van der Waals surface area contributed by atoms with Crippen LogP contribution in [0, 0.1) is 5.92 Å². The molecule has 1 fully saturated rings. The lowest BCUT2D eigenvalue weighted by Gasteiger charge is -2.49. The second-order valence-corrected chi connectivity index (χ2v) is 13.4. The number of aliphatic hydroxyl groups excluding tert-OH is 2. The van der Waals surface area contributed by atoms with Gasteiger partial charge in [0.05, 0.1) is 11.7 Å². The standard InChI is InChI=1S/C38H52O6/c1-24(2)11-7-12-25(3)13-8-14-26(4)15-9-16-27(5)17-10-18-38(6)31-23-34(42)33(41)21-29(31)37-36(44-38)22-30-32(40)19-28(39)20-35(30)43-37/h11,13,15,17,19-21,23,30,32,36-37,39-42H,7-10,12,14,16,18,22H2,1-6H3/b25-13+,26-15+,27-17+/t30?,32?,36-,37+,38?/m0/s1. The van der Waals surface area contributed by atoms with E-state index in [1.165, 1.54) is 34.4 Å². The molecule has 2 heterocycles. The minimum absolute atomic E-state index is 0.0288. The van der Waals surface area contributed by atoms with Crippen LogP contribution in [0.2, 0.25) is 0 Å². The summed E-state index contributed by atoms with van der Waals surface area (Å²) in [6.45, 7) is 13.0. The van der Waals surface area contributed by atoms with Gasteiger partial charge in [0.1, 0.15) is 23.7 Å². The first kappa shape index (κ1) is 33.7. The van der Waals surface area contributed by atoms with Crippen molar-refractivity contribution < 1.29 is 29.9 Å². The number of fused-ring (bicyclic) bond motifs is 4. The van der Waals surface area contributed by atoms with Gasteiger partial charge in [-0.25, -0.2) is 0 Å². The van der Waals surface area contributed by atoms with Gasteiger partial charge in [-0.1, -0.05) is 46.6 Å². The van der Waals surface area contributed by atoms with Crippen LogP contribution in [-0.2, 0) is 15.1 Å². The van der Waals surface area contributed by atoms with Crippen LogP contribution < -0.4 is 0 Å². The quantitative estimate of drug-likeness (QED) is 0.140. The number of ether oxygens (including phenoxy) is 2. The van der Waals surface area contributed by atoms with Crippen molar-refractivity contribution in [3.63, 3.8) is 0 Å². The SMILES string of the molecule is CC(C)=CCC/C(C)=C/CC/C(C)=C/CC/C(C)=C/CCC1(C)O[C@H]2CC3C(=CC(O)=CC3O)O[C@@H]2c2cc(O)c(O)cc21. The van der Waals surface area contributed by atoms with Crippen LogP contribution in [-0.4, -0.2) is 32.6 Å². The van der Waals surface area contributed by atoms with Gasteiger partial charge < -0.3 is 29.9 Å². The number of rotatable bonds is 12. The largest absolute Gasteiger partial charge is 0.508 e. The molecule has 0 spiro atoms. The first-order valence-corrected chi connectivity index (χ1v) is 16.2. The van der Waals surface area contributed by atoms with E-state index in [2.05, 4.69) is 58.9 Å². The topological polar surface area (TPSA) is 99.4 Å². The maximum Gasteiger partial charge on any atom is 0.157 e. The van der Waals surface area contributed by atoms with Crippen LogP contribution in [0.1, 0.15) is 117 Å². The lowest BCUT2D eigenvalue weighted by Crippen LogP contribution is -2.47. The monoisotopic (exact) mass is 604 g/mol. The van der Waals surface area contributed by atoms with Gasteiger partial charge in [0.15, 0.2) is 11.5 Å². The molecule has 0 saturated carbocycles. The van der Waals surface area contributed by atoms with Gasteiger partial charge in [-0.05, 0) is 123 Å². The van der Waals surface area contributed by atoms with Gasteiger partial charge in [0, 0.05) is 17.6 Å². The zero-order valence-corrected chi connectivity index (χ0v) is 27.4. The summed E-state index contributed by atoms with van der Waals surface area (Å²) in [5, 5.41) is 41.4. The predicted molar refractivity (Wildman–Crippen MR) is 176 cm³/mol. The van der Waals surface area contributed by atoms with E-state index in [0.717, 1.165) is 56.1 Å². The van der Waals surface area contributed by atoms with Crippen molar-refractivity contribution in [2.75, 3.05) is 0 Å². The summed E-state index contributed by atoms with van der Waals surface area (Å²) < 4.78 is 13.0. The number of phenolic OH excluding ortho intramolecular Hbond substituents is 2. The summed E-state index contributed by atoms with van der Waals surface area (Å²) in [6, 6.07) is 3.15. The van der Waals surface area contributed by atoms with E-state index in [9.17, 15) is 20.4 Å². The molecule has 0 radical (unpaired) electrons. The molecule has 44 heavy (non-hydrogen) atoms. The molecule has 1 saturated heterocycles. The second-order valence-electron chi connectivity index (χ2n) is 13.4. The number of hydrogen-bond donors (Lipinski definition) is 4. The van der Waals surface area contributed by atoms with Crippen LogP contribution in [0.15, 0.2) is 82.4 Å². The number of hydrogen-bond acceptors (Lipinski definition) is 6. The molecule has 6 heteroatoms. The van der Waals surface area contributed by atoms with Gasteiger partial charge in [0.25, 0.3) is 0 Å². The van der Waals surface area contributed by atoms with E-state index in [4.69, 9.17) is 9.47 Å². The van der Waals surface area contributed by atoms with Gasteiger partial charge in [-0.2, -0.15) is 0 Å². The zero-order chi connectivity index (χ0) is 32.0. The Balaban J connectivity index is 1.35. The van der Waals surface area contributed by atoms with Crippen molar-refractivity contribution in [2.24, 2.45) is 5.92 Å². The van der Waals surface area contributed by atoms with Crippen LogP contribution >= 0.6 is 0 Å². The minimum atomic E-state index is -0.859. The van der Waals surface area contributed by atoms with Gasteiger partial charge in [0.2, 0.25) is 0 Å². The van der Waals surface area contributed by atoms with E-state index in [1.54, 1.807) is 12.1 Å². The Morgan fingerprint density at radius 2 is 1.41 bits per heavy atom. The van der Waals surface area contributed by atoms with E-state index in [1.807, 2.05) is 6.92 Å². The number of aromatic hydroxyl groups is 2. The van der Waals surface area contributed by atoms with Crippen molar-refractivity contribution in [3.05, 3.63) is 93.5 Å². The highest BCUT2D eigenvalue weighted by Crippen LogP contribution is 2.53. The normalized spacial score (nSPS) is 26.9. The highest BCUT2D eigenvalue weighted by atomic mass is 16.6. The minimum Gasteiger partial charge on any atom is -0.508 e. The fourth-order valence-electron chi connectivity index (χ4n) is 6.57. The predicted octanol–water partition coefficient (Wildman–Crippen LogP) is 9.42. The van der Waals surface area contributed by atoms with E-state index >= 15 is 0 Å². The first-order valence-electron chi connectivity index (χ1n) is 16.2. The van der Waals surface area contributed by atoms with Crippen LogP contribution in [0.5, 0.6) is 11.5 Å². The van der Waals surface area contributed by atoms with Crippen molar-refractivity contribution in [3.8, 4) is 11.5 Å². The highest BCUT2D eigenvalue weighted by molar-refractivity contribution is 5.50. The molecule has 1 aromatic rings. The smallest absolute Gasteiger partial charge is 0.157 e. The van der Waals surface area contributed by atoms with Gasteiger partial charge >= 0.3 is 0 Å². The third-order valence-corrected chi connectivity index (χ3v) is 9.20. The van der Waals surface area contributed by atoms with Crippen molar-refractivity contribution in [2.45, 2.75) is 123 Å². The van der Waals surface area contributed by atoms with Crippen molar-refractivity contribution >= 4 is 0 Å². The Morgan fingerprint density at radius 3 is 2.02 bits per heavy atom. The fraction of sp³-hybridized carbons (Fsp3) is 0.526. The van der Waals surface area contributed by atoms with Crippen LogP contribution in [0.4, 0.5) is 0 Å². The van der Waals surface area contributed by atoms with Crippen molar-refractivity contribution in [1.29, 1.82) is 0 Å². The van der Waals surface area contributed by atoms with Gasteiger partial charge in [-0.3, -0.25) is 0 Å². The Hall–Kier alpha value is -3.22. The second kappa shape index (κ2) is 14.7. The van der Waals surface area contributed by atoms with Crippen LogP contribution in [0.3, 0.4) is 0 Å². The Labute approximate surface area is 263 Å². The lowest BCUT2D eigenvalue weighted by atomic mass is 9.76. The molecule has 3 aliphatic rings. The summed E-state index contributed by atoms with van der Waals surface area (Å²) in [5.41, 5.74) is 6.46. The van der Waals surface area contributed by atoms with E-state index in [0.29, 0.717) is 18.6 Å². The molecular weight excluding hydrogens is 552 g/mol. The molecular formula is C38H52O6. The molecule has 0 bridgehead atoms. The summed E-state index contributed by atoms with van der Waals surface area (Å²) in [6.07, 6.45) is 19.0. The Kier molecular flexibility index (Phi) is 11.3. The van der Waals surface area contributed by atoms with E-state index < -0.39 is 17.8 Å². The van der Waals surface area contributed by atoms with Gasteiger partial charge in [-0.15, -0.1) is 0 Å². The summed E-state index contributed by atoms with van der Waals surface area (Å²) in [7, 11) is 0. The molecule has 3 unspecified atom stereocenters. The highest BCUT2D eigenvalue weighted by Gasteiger charge is 2.49. The van der Waals surface area contributed by atoms with Crippen molar-refractivity contribution in [1.82, 2.24) is 0 Å². The number of benzene rings is 1. The molecule has 1 aromatic carbocycles. The number of aliphatic hydroxyl groups is 2. The Bertz CT molecular complexity index is 1370. The average molecular weight is 605 g/mol. The molecule has 240 valence electrons. The average Bonchev–Trinajstić information content (AvgIpc) is 2.93. The molecule has 1 aliphatic carbocycles. The first-order chi connectivity index (χ1) is 20.9.